The Morgan fingerprint density at radius 1 is 1.29 bits per heavy atom. The molecular formula is C14H17F2N3O2. The molecule has 0 radical (unpaired) electrons. The van der Waals surface area contributed by atoms with Crippen molar-refractivity contribution in [2.75, 3.05) is 7.11 Å². The van der Waals surface area contributed by atoms with Crippen molar-refractivity contribution in [2.45, 2.75) is 26.6 Å². The minimum Gasteiger partial charge on any atom is -0.493 e. The Balaban J connectivity index is 1.98. The smallest absolute Gasteiger partial charge is 0.387 e. The number of methoxy groups -OCH3 is 1. The number of benzene rings is 1. The molecule has 0 atom stereocenters. The topological polar surface area (TPSA) is 59.2 Å². The van der Waals surface area contributed by atoms with E-state index in [0.29, 0.717) is 13.1 Å². The lowest BCUT2D eigenvalue weighted by atomic mass is 10.2. The normalized spacial score (nSPS) is 10.9. The summed E-state index contributed by atoms with van der Waals surface area (Å²) in [6, 6.07) is 4.95. The van der Waals surface area contributed by atoms with Crippen LogP contribution in [0.1, 0.15) is 16.8 Å². The van der Waals surface area contributed by atoms with Crippen LogP contribution in [-0.2, 0) is 13.1 Å². The molecule has 114 valence electrons. The Morgan fingerprint density at radius 3 is 2.71 bits per heavy atom. The second kappa shape index (κ2) is 7.03. The molecule has 7 heteroatoms. The van der Waals surface area contributed by atoms with Gasteiger partial charge in [0.15, 0.2) is 11.5 Å². The Hall–Kier alpha value is -2.15. The fourth-order valence-electron chi connectivity index (χ4n) is 1.91. The first-order valence-corrected chi connectivity index (χ1v) is 6.41. The number of aryl methyl sites for hydroxylation is 1. The van der Waals surface area contributed by atoms with Crippen LogP contribution >= 0.6 is 0 Å². The van der Waals surface area contributed by atoms with E-state index in [9.17, 15) is 8.78 Å². The van der Waals surface area contributed by atoms with Crippen LogP contribution in [0.25, 0.3) is 0 Å². The first-order chi connectivity index (χ1) is 10.1. The molecule has 1 aromatic heterocycles. The molecule has 0 bridgehead atoms. The van der Waals surface area contributed by atoms with Crippen LogP contribution in [0.2, 0.25) is 0 Å². The molecule has 0 unspecified atom stereocenters. The molecule has 0 aliphatic carbocycles. The monoisotopic (exact) mass is 297 g/mol. The van der Waals surface area contributed by atoms with E-state index in [1.807, 2.05) is 6.92 Å². The number of halogens is 2. The largest absolute Gasteiger partial charge is 0.493 e. The van der Waals surface area contributed by atoms with Gasteiger partial charge < -0.3 is 14.8 Å². The summed E-state index contributed by atoms with van der Waals surface area (Å²) in [6.07, 6.45) is 1.75. The van der Waals surface area contributed by atoms with E-state index < -0.39 is 6.61 Å². The van der Waals surface area contributed by atoms with Crippen LogP contribution in [0, 0.1) is 6.92 Å². The molecule has 0 fully saturated rings. The number of hydrogen-bond acceptors (Lipinski definition) is 4. The number of H-pyrrole nitrogens is 1. The molecule has 0 spiro atoms. The molecule has 1 aromatic carbocycles. The van der Waals surface area contributed by atoms with E-state index in [1.165, 1.54) is 7.11 Å². The number of nitrogens with one attached hydrogen (secondary N) is 2. The third kappa shape index (κ3) is 4.16. The summed E-state index contributed by atoms with van der Waals surface area (Å²) in [5, 5.41) is 10.0. The molecule has 0 saturated heterocycles. The zero-order valence-electron chi connectivity index (χ0n) is 11.8. The van der Waals surface area contributed by atoms with Crippen molar-refractivity contribution in [3.63, 3.8) is 0 Å². The molecule has 0 amide bonds. The predicted molar refractivity (Wildman–Crippen MR) is 73.5 cm³/mol. The maximum Gasteiger partial charge on any atom is 0.387 e. The van der Waals surface area contributed by atoms with Gasteiger partial charge in [-0.25, -0.2) is 0 Å². The summed E-state index contributed by atoms with van der Waals surface area (Å²) in [4.78, 5) is 0. The summed E-state index contributed by atoms with van der Waals surface area (Å²) in [5.74, 6) is 0.316. The lowest BCUT2D eigenvalue weighted by molar-refractivity contribution is -0.0512. The van der Waals surface area contributed by atoms with Gasteiger partial charge in [-0.05, 0) is 24.6 Å². The highest BCUT2D eigenvalue weighted by atomic mass is 19.3. The van der Waals surface area contributed by atoms with E-state index in [1.54, 1.807) is 24.4 Å². The molecular weight excluding hydrogens is 280 g/mol. The molecule has 5 nitrogen and oxygen atoms in total. The Labute approximate surface area is 121 Å². The number of aromatic nitrogens is 2. The summed E-state index contributed by atoms with van der Waals surface area (Å²) < 4.78 is 34.1. The lowest BCUT2D eigenvalue weighted by Crippen LogP contribution is -2.13. The average Bonchev–Trinajstić information content (AvgIpc) is 2.84. The van der Waals surface area contributed by atoms with Crippen LogP contribution < -0.4 is 14.8 Å². The van der Waals surface area contributed by atoms with Crippen LogP contribution in [0.5, 0.6) is 11.5 Å². The molecule has 21 heavy (non-hydrogen) atoms. The highest BCUT2D eigenvalue weighted by Crippen LogP contribution is 2.29. The van der Waals surface area contributed by atoms with Gasteiger partial charge in [0.2, 0.25) is 0 Å². The fourth-order valence-corrected chi connectivity index (χ4v) is 1.91. The first-order valence-electron chi connectivity index (χ1n) is 6.41. The Morgan fingerprint density at radius 2 is 2.10 bits per heavy atom. The second-order valence-electron chi connectivity index (χ2n) is 4.49. The molecule has 0 aliphatic rings. The third-order valence-electron chi connectivity index (χ3n) is 3.02. The minimum atomic E-state index is -2.88. The summed E-state index contributed by atoms with van der Waals surface area (Å²) in [7, 11) is 1.41. The number of ether oxygens (including phenoxy) is 2. The van der Waals surface area contributed by atoms with Crippen LogP contribution in [0.15, 0.2) is 24.4 Å². The highest BCUT2D eigenvalue weighted by Gasteiger charge is 2.11. The molecule has 2 aromatic rings. The van der Waals surface area contributed by atoms with Crippen molar-refractivity contribution >= 4 is 0 Å². The van der Waals surface area contributed by atoms with Gasteiger partial charge in [-0.2, -0.15) is 13.9 Å². The van der Waals surface area contributed by atoms with Crippen molar-refractivity contribution in [2.24, 2.45) is 0 Å². The highest BCUT2D eigenvalue weighted by molar-refractivity contribution is 5.43. The van der Waals surface area contributed by atoms with E-state index in [2.05, 4.69) is 20.3 Å². The number of rotatable bonds is 7. The minimum absolute atomic E-state index is 0.0336. The number of alkyl halides is 2. The van der Waals surface area contributed by atoms with Crippen molar-refractivity contribution in [1.29, 1.82) is 0 Å². The maximum atomic E-state index is 12.3. The van der Waals surface area contributed by atoms with Gasteiger partial charge in [0, 0.05) is 24.3 Å². The zero-order chi connectivity index (χ0) is 15.2. The Bertz CT molecular complexity index is 587. The zero-order valence-corrected chi connectivity index (χ0v) is 11.8. The molecule has 2 N–H and O–H groups in total. The molecule has 0 saturated carbocycles. The van der Waals surface area contributed by atoms with Gasteiger partial charge in [-0.15, -0.1) is 0 Å². The third-order valence-corrected chi connectivity index (χ3v) is 3.02. The van der Waals surface area contributed by atoms with Gasteiger partial charge in [0.05, 0.1) is 13.3 Å². The summed E-state index contributed by atoms with van der Waals surface area (Å²) >= 11 is 0. The van der Waals surface area contributed by atoms with Crippen molar-refractivity contribution in [3.8, 4) is 11.5 Å². The van der Waals surface area contributed by atoms with Gasteiger partial charge in [-0.3, -0.25) is 5.10 Å². The van der Waals surface area contributed by atoms with Gasteiger partial charge in [0.25, 0.3) is 0 Å². The number of nitrogens with zero attached hydrogens (tertiary/aromatic N) is 1. The van der Waals surface area contributed by atoms with Crippen LogP contribution in [0.3, 0.4) is 0 Å². The average molecular weight is 297 g/mol. The summed E-state index contributed by atoms with van der Waals surface area (Å²) in [6.45, 7) is 0.218. The van der Waals surface area contributed by atoms with E-state index >= 15 is 0 Å². The molecule has 1 heterocycles. The maximum absolute atomic E-state index is 12.3. The predicted octanol–water partition coefficient (Wildman–Crippen LogP) is 2.62. The van der Waals surface area contributed by atoms with Crippen molar-refractivity contribution in [1.82, 2.24) is 15.5 Å². The van der Waals surface area contributed by atoms with Crippen LogP contribution in [0.4, 0.5) is 8.78 Å². The quantitative estimate of drug-likeness (QED) is 0.825. The number of hydrogen-bond donors (Lipinski definition) is 2. The summed E-state index contributed by atoms with van der Waals surface area (Å²) in [5.41, 5.74) is 2.89. The van der Waals surface area contributed by atoms with Gasteiger partial charge >= 0.3 is 6.61 Å². The Kier molecular flexibility index (Phi) is 5.10. The van der Waals surface area contributed by atoms with E-state index in [-0.39, 0.29) is 11.5 Å². The van der Waals surface area contributed by atoms with Crippen molar-refractivity contribution in [3.05, 3.63) is 41.2 Å². The standard InChI is InChI=1S/C14H17F2N3O2/c1-9-11(8-18-19-9)7-17-6-10-3-4-12(20-2)13(5-10)21-14(15)16/h3-5,8,14,17H,6-7H2,1-2H3,(H,18,19). The second-order valence-corrected chi connectivity index (χ2v) is 4.49. The molecule has 2 rings (SSSR count). The van der Waals surface area contributed by atoms with Gasteiger partial charge in [0.1, 0.15) is 0 Å². The number of aromatic amines is 1. The fraction of sp³-hybridized carbons (Fsp3) is 0.357. The van der Waals surface area contributed by atoms with E-state index in [0.717, 1.165) is 16.8 Å². The lowest BCUT2D eigenvalue weighted by Gasteiger charge is -2.12. The first kappa shape index (κ1) is 15.2. The SMILES string of the molecule is COc1ccc(CNCc2cn[nH]c2C)cc1OC(F)F. The molecule has 0 aliphatic heterocycles. The van der Waals surface area contributed by atoms with Crippen LogP contribution in [-0.4, -0.2) is 23.9 Å². The van der Waals surface area contributed by atoms with Gasteiger partial charge in [-0.1, -0.05) is 6.07 Å². The van der Waals surface area contributed by atoms with Crippen molar-refractivity contribution < 1.29 is 18.3 Å². The van der Waals surface area contributed by atoms with E-state index in [4.69, 9.17) is 4.74 Å².